The van der Waals surface area contributed by atoms with E-state index in [1.807, 2.05) is 0 Å². The molecule has 1 aliphatic carbocycles. The van der Waals surface area contributed by atoms with Crippen LogP contribution in [0.2, 0.25) is 0 Å². The minimum atomic E-state index is -4.21. The second-order valence-corrected chi connectivity index (χ2v) is 6.60. The van der Waals surface area contributed by atoms with E-state index in [1.165, 1.54) is 7.11 Å². The van der Waals surface area contributed by atoms with E-state index in [0.29, 0.717) is 24.2 Å². The number of carbonyl (C=O) groups is 2. The third kappa shape index (κ3) is 5.62. The highest BCUT2D eigenvalue weighted by atomic mass is 19.4. The zero-order valence-corrected chi connectivity index (χ0v) is 15.4. The van der Waals surface area contributed by atoms with Crippen LogP contribution in [0.15, 0.2) is 18.2 Å². The molecule has 0 heterocycles. The number of hydrogen-bond acceptors (Lipinski definition) is 5. The van der Waals surface area contributed by atoms with E-state index in [-0.39, 0.29) is 25.9 Å². The topological polar surface area (TPSA) is 88.4 Å². The van der Waals surface area contributed by atoms with Gasteiger partial charge in [-0.15, -0.1) is 0 Å². The number of hydrogen-bond donors (Lipinski definition) is 1. The second kappa shape index (κ2) is 8.95. The number of nitrogens with one attached hydrogen (secondary N) is 1. The molecule has 1 N–H and O–H groups in total. The van der Waals surface area contributed by atoms with Crippen molar-refractivity contribution < 1.29 is 32.2 Å². The highest BCUT2D eigenvalue weighted by molar-refractivity contribution is 5.81. The number of nitrogens with zero attached hydrogens (tertiary/aromatic N) is 1. The number of carbonyl (C=O) groups excluding carboxylic acids is 2. The van der Waals surface area contributed by atoms with Crippen molar-refractivity contribution in [3.63, 3.8) is 0 Å². The van der Waals surface area contributed by atoms with Gasteiger partial charge in [0.25, 0.3) is 0 Å². The Morgan fingerprint density at radius 3 is 2.75 bits per heavy atom. The number of aryl methyl sites for hydroxylation is 1. The molecule has 0 bridgehead atoms. The molecule has 152 valence electrons. The molecule has 1 aromatic rings. The zero-order chi connectivity index (χ0) is 20.8. The van der Waals surface area contributed by atoms with Gasteiger partial charge < -0.3 is 14.8 Å². The van der Waals surface area contributed by atoms with Crippen LogP contribution in [-0.4, -0.2) is 31.8 Å². The van der Waals surface area contributed by atoms with Crippen LogP contribution in [0.25, 0.3) is 0 Å². The van der Waals surface area contributed by atoms with Crippen molar-refractivity contribution in [1.29, 1.82) is 5.26 Å². The monoisotopic (exact) mass is 398 g/mol. The summed E-state index contributed by atoms with van der Waals surface area (Å²) < 4.78 is 46.7. The Kier molecular flexibility index (Phi) is 6.89. The largest absolute Gasteiger partial charge is 0.494 e. The summed E-state index contributed by atoms with van der Waals surface area (Å²) >= 11 is 0. The van der Waals surface area contributed by atoms with Gasteiger partial charge in [0.1, 0.15) is 12.2 Å². The molecular formula is C19H21F3N2O4. The second-order valence-electron chi connectivity index (χ2n) is 6.60. The number of ether oxygens (including phenoxy) is 2. The third-order valence-corrected chi connectivity index (χ3v) is 4.58. The predicted molar refractivity (Wildman–Crippen MR) is 92.2 cm³/mol. The fourth-order valence-corrected chi connectivity index (χ4v) is 3.34. The SMILES string of the molecule is COC(=O)C[C@@]1(NC(=O)CC#N)CCc2cc(OCCCC(F)(F)F)ccc21. The number of alkyl halides is 3. The molecule has 0 aromatic heterocycles. The summed E-state index contributed by atoms with van der Waals surface area (Å²) in [5.41, 5.74) is 0.562. The maximum absolute atomic E-state index is 12.2. The van der Waals surface area contributed by atoms with Gasteiger partial charge in [0.2, 0.25) is 5.91 Å². The summed E-state index contributed by atoms with van der Waals surface area (Å²) in [6.45, 7) is -0.0650. The molecule has 0 aliphatic heterocycles. The third-order valence-electron chi connectivity index (χ3n) is 4.58. The van der Waals surface area contributed by atoms with Crippen LogP contribution in [0.4, 0.5) is 13.2 Å². The van der Waals surface area contributed by atoms with Crippen LogP contribution in [-0.2, 0) is 26.3 Å². The summed E-state index contributed by atoms with van der Waals surface area (Å²) in [6, 6.07) is 6.77. The summed E-state index contributed by atoms with van der Waals surface area (Å²) in [5.74, 6) is -0.567. The number of rotatable bonds is 8. The molecule has 0 unspecified atom stereocenters. The van der Waals surface area contributed by atoms with Crippen molar-refractivity contribution in [1.82, 2.24) is 5.32 Å². The van der Waals surface area contributed by atoms with E-state index >= 15 is 0 Å². The Morgan fingerprint density at radius 2 is 2.11 bits per heavy atom. The van der Waals surface area contributed by atoms with E-state index in [4.69, 9.17) is 14.7 Å². The van der Waals surface area contributed by atoms with Crippen molar-refractivity contribution >= 4 is 11.9 Å². The molecule has 1 aromatic carbocycles. The summed E-state index contributed by atoms with van der Waals surface area (Å²) in [4.78, 5) is 23.9. The highest BCUT2D eigenvalue weighted by Gasteiger charge is 2.42. The normalized spacial score (nSPS) is 18.1. The van der Waals surface area contributed by atoms with Crippen LogP contribution in [0.5, 0.6) is 5.75 Å². The Morgan fingerprint density at radius 1 is 1.36 bits per heavy atom. The van der Waals surface area contributed by atoms with Crippen LogP contribution in [0.3, 0.4) is 0 Å². The molecular weight excluding hydrogens is 377 g/mol. The van der Waals surface area contributed by atoms with E-state index in [0.717, 1.165) is 5.56 Å². The molecule has 0 saturated heterocycles. The fraction of sp³-hybridized carbons (Fsp3) is 0.526. The van der Waals surface area contributed by atoms with Crippen LogP contribution in [0, 0.1) is 11.3 Å². The van der Waals surface area contributed by atoms with Gasteiger partial charge in [-0.25, -0.2) is 0 Å². The van der Waals surface area contributed by atoms with Gasteiger partial charge in [-0.05, 0) is 42.5 Å². The van der Waals surface area contributed by atoms with Crippen molar-refractivity contribution in [3.8, 4) is 11.8 Å². The summed E-state index contributed by atoms with van der Waals surface area (Å²) in [5, 5.41) is 11.5. The summed E-state index contributed by atoms with van der Waals surface area (Å²) in [7, 11) is 1.25. The quantitative estimate of drug-likeness (QED) is 0.537. The molecule has 9 heteroatoms. The molecule has 1 atom stereocenters. The van der Waals surface area contributed by atoms with Gasteiger partial charge >= 0.3 is 12.1 Å². The van der Waals surface area contributed by atoms with Gasteiger partial charge in [-0.2, -0.15) is 18.4 Å². The van der Waals surface area contributed by atoms with E-state index in [1.54, 1.807) is 24.3 Å². The number of nitriles is 1. The molecule has 0 radical (unpaired) electrons. The Bertz CT molecular complexity index is 773. The Balaban J connectivity index is 2.15. The van der Waals surface area contributed by atoms with Gasteiger partial charge in [-0.1, -0.05) is 6.07 Å². The Labute approximate surface area is 160 Å². The van der Waals surface area contributed by atoms with Crippen LogP contribution < -0.4 is 10.1 Å². The number of fused-ring (bicyclic) bond motifs is 1. The molecule has 28 heavy (non-hydrogen) atoms. The molecule has 1 aliphatic rings. The molecule has 6 nitrogen and oxygen atoms in total. The van der Waals surface area contributed by atoms with Crippen molar-refractivity contribution in [2.45, 2.75) is 50.2 Å². The van der Waals surface area contributed by atoms with Crippen LogP contribution in [0.1, 0.15) is 43.2 Å². The first-order chi connectivity index (χ1) is 13.2. The first-order valence-corrected chi connectivity index (χ1v) is 8.77. The maximum atomic E-state index is 12.2. The van der Waals surface area contributed by atoms with Gasteiger partial charge in [0.05, 0.1) is 31.7 Å². The average Bonchev–Trinajstić information content (AvgIpc) is 2.95. The lowest BCUT2D eigenvalue weighted by Gasteiger charge is -2.30. The smallest absolute Gasteiger partial charge is 0.389 e. The zero-order valence-electron chi connectivity index (χ0n) is 15.4. The highest BCUT2D eigenvalue weighted by Crippen LogP contribution is 2.41. The number of halogens is 3. The molecule has 1 amide bonds. The molecule has 0 spiro atoms. The number of benzene rings is 1. The van der Waals surface area contributed by atoms with E-state index in [2.05, 4.69) is 5.32 Å². The number of methoxy groups -OCH3 is 1. The summed E-state index contributed by atoms with van der Waals surface area (Å²) in [6.07, 6.45) is -4.71. The average molecular weight is 398 g/mol. The minimum absolute atomic E-state index is 0.0650. The molecule has 2 rings (SSSR count). The van der Waals surface area contributed by atoms with Gasteiger partial charge in [-0.3, -0.25) is 9.59 Å². The number of esters is 1. The molecule has 0 saturated carbocycles. The van der Waals surface area contributed by atoms with Crippen molar-refractivity contribution in [3.05, 3.63) is 29.3 Å². The first kappa shape index (κ1) is 21.5. The van der Waals surface area contributed by atoms with Crippen LogP contribution >= 0.6 is 0 Å². The predicted octanol–water partition coefficient (Wildman–Crippen LogP) is 3.14. The van der Waals surface area contributed by atoms with Gasteiger partial charge in [0.15, 0.2) is 0 Å². The minimum Gasteiger partial charge on any atom is -0.494 e. The van der Waals surface area contributed by atoms with E-state index < -0.39 is 30.0 Å². The maximum Gasteiger partial charge on any atom is 0.389 e. The van der Waals surface area contributed by atoms with Crippen molar-refractivity contribution in [2.75, 3.05) is 13.7 Å². The molecule has 0 fully saturated rings. The fourth-order valence-electron chi connectivity index (χ4n) is 3.34. The number of amides is 1. The lowest BCUT2D eigenvalue weighted by molar-refractivity contribution is -0.143. The van der Waals surface area contributed by atoms with Gasteiger partial charge in [0, 0.05) is 6.42 Å². The van der Waals surface area contributed by atoms with Crippen molar-refractivity contribution in [2.24, 2.45) is 0 Å². The first-order valence-electron chi connectivity index (χ1n) is 8.77. The van der Waals surface area contributed by atoms with E-state index in [9.17, 15) is 22.8 Å². The lowest BCUT2D eigenvalue weighted by Crippen LogP contribution is -2.46. The standard InChI is InChI=1S/C19H21F3N2O4/c1-27-17(26)12-18(24-16(25)6-9-23)8-5-13-11-14(3-4-15(13)18)28-10-2-7-19(20,21)22/h3-4,11H,2,5-8,10,12H2,1H3,(H,24,25)/t18-/m0/s1. The lowest BCUT2D eigenvalue weighted by atomic mass is 9.87. The Hall–Kier alpha value is -2.76.